The van der Waals surface area contributed by atoms with Gasteiger partial charge >= 0.3 is 0 Å². The molecule has 4 heteroatoms. The molecule has 0 radical (unpaired) electrons. The Labute approximate surface area is 129 Å². The molecule has 0 amide bonds. The lowest BCUT2D eigenvalue weighted by Crippen LogP contribution is -1.97. The molecule has 22 heavy (non-hydrogen) atoms. The van der Waals surface area contributed by atoms with Crippen molar-refractivity contribution in [2.24, 2.45) is 0 Å². The van der Waals surface area contributed by atoms with Crippen molar-refractivity contribution in [1.82, 2.24) is 4.98 Å². The average Bonchev–Trinajstić information content (AvgIpc) is 2.55. The van der Waals surface area contributed by atoms with Gasteiger partial charge in [-0.2, -0.15) is 5.26 Å². The molecule has 0 bridgehead atoms. The number of pyridine rings is 1. The number of benzene rings is 2. The third-order valence-electron chi connectivity index (χ3n) is 3.48. The summed E-state index contributed by atoms with van der Waals surface area (Å²) < 4.78 is 5.28. The Morgan fingerprint density at radius 2 is 2.05 bits per heavy atom. The molecular weight excluding hydrogens is 274 g/mol. The number of nitriles is 1. The fraction of sp³-hybridized carbons (Fsp3) is 0.111. The summed E-state index contributed by atoms with van der Waals surface area (Å²) in [4.78, 5) is 4.33. The maximum Gasteiger partial charge on any atom is 0.119 e. The van der Waals surface area contributed by atoms with Gasteiger partial charge in [-0.3, -0.25) is 4.98 Å². The normalized spacial score (nSPS) is 10.2. The van der Waals surface area contributed by atoms with E-state index in [1.165, 1.54) is 0 Å². The van der Waals surface area contributed by atoms with Crippen molar-refractivity contribution < 1.29 is 4.74 Å². The van der Waals surface area contributed by atoms with Gasteiger partial charge in [-0.25, -0.2) is 0 Å². The summed E-state index contributed by atoms with van der Waals surface area (Å²) in [5.41, 5.74) is 4.15. The number of hydrogen-bond donors (Lipinski definition) is 1. The van der Waals surface area contributed by atoms with Gasteiger partial charge in [0.05, 0.1) is 23.9 Å². The highest BCUT2D eigenvalue weighted by molar-refractivity contribution is 5.96. The van der Waals surface area contributed by atoms with Crippen LogP contribution < -0.4 is 10.1 Å². The molecule has 1 heterocycles. The van der Waals surface area contributed by atoms with Gasteiger partial charge in [-0.15, -0.1) is 0 Å². The van der Waals surface area contributed by atoms with Gasteiger partial charge in [0.25, 0.3) is 0 Å². The van der Waals surface area contributed by atoms with Crippen molar-refractivity contribution >= 4 is 22.3 Å². The van der Waals surface area contributed by atoms with E-state index in [9.17, 15) is 5.26 Å². The molecule has 0 aliphatic heterocycles. The molecule has 3 rings (SSSR count). The molecule has 0 saturated carbocycles. The first-order chi connectivity index (χ1) is 10.7. The van der Waals surface area contributed by atoms with E-state index in [0.29, 0.717) is 5.56 Å². The Hall–Kier alpha value is -3.06. The molecule has 0 unspecified atom stereocenters. The zero-order valence-electron chi connectivity index (χ0n) is 12.4. The van der Waals surface area contributed by atoms with Crippen LogP contribution in [0.3, 0.4) is 0 Å². The largest absolute Gasteiger partial charge is 0.497 e. The highest BCUT2D eigenvalue weighted by Crippen LogP contribution is 2.31. The molecule has 0 fully saturated rings. The van der Waals surface area contributed by atoms with Crippen molar-refractivity contribution in [3.8, 4) is 11.8 Å². The minimum Gasteiger partial charge on any atom is -0.497 e. The van der Waals surface area contributed by atoms with E-state index in [2.05, 4.69) is 16.4 Å². The standard InChI is InChI=1S/C18H15N3O/c1-12-4-3-5-14(8-12)21-18-13(10-19)11-20-17-7-6-15(22-2)9-16(17)18/h3-9,11H,1-2H3,(H,20,21). The number of hydrogen-bond acceptors (Lipinski definition) is 4. The molecule has 4 nitrogen and oxygen atoms in total. The van der Waals surface area contributed by atoms with Crippen molar-refractivity contribution in [2.75, 3.05) is 12.4 Å². The minimum atomic E-state index is 0.502. The van der Waals surface area contributed by atoms with Gasteiger partial charge in [0, 0.05) is 17.3 Å². The molecule has 0 aliphatic rings. The lowest BCUT2D eigenvalue weighted by molar-refractivity contribution is 0.415. The Bertz CT molecular complexity index is 881. The molecule has 0 aliphatic carbocycles. The average molecular weight is 289 g/mol. The number of anilines is 2. The second-order valence-corrected chi connectivity index (χ2v) is 5.04. The van der Waals surface area contributed by atoms with E-state index in [1.54, 1.807) is 13.3 Å². The molecule has 108 valence electrons. The molecular formula is C18H15N3O. The molecule has 1 aromatic heterocycles. The van der Waals surface area contributed by atoms with E-state index in [0.717, 1.165) is 33.6 Å². The summed E-state index contributed by atoms with van der Waals surface area (Å²) >= 11 is 0. The molecule has 3 aromatic rings. The van der Waals surface area contributed by atoms with Crippen LogP contribution in [0, 0.1) is 18.3 Å². The third kappa shape index (κ3) is 2.57. The van der Waals surface area contributed by atoms with Gasteiger partial charge < -0.3 is 10.1 Å². The molecule has 0 atom stereocenters. The predicted octanol–water partition coefficient (Wildman–Crippen LogP) is 4.17. The van der Waals surface area contributed by atoms with Crippen LogP contribution in [0.25, 0.3) is 10.9 Å². The van der Waals surface area contributed by atoms with Crippen LogP contribution in [-0.2, 0) is 0 Å². The second kappa shape index (κ2) is 5.74. The van der Waals surface area contributed by atoms with Gasteiger partial charge in [0.15, 0.2) is 0 Å². The summed E-state index contributed by atoms with van der Waals surface area (Å²) in [6.07, 6.45) is 1.59. The van der Waals surface area contributed by atoms with Crippen LogP contribution in [0.15, 0.2) is 48.7 Å². The molecule has 1 N–H and O–H groups in total. The zero-order chi connectivity index (χ0) is 15.5. The Kier molecular flexibility index (Phi) is 3.63. The summed E-state index contributed by atoms with van der Waals surface area (Å²) in [5.74, 6) is 0.733. The number of ether oxygens (including phenoxy) is 1. The summed E-state index contributed by atoms with van der Waals surface area (Å²) in [6, 6.07) is 15.8. The summed E-state index contributed by atoms with van der Waals surface area (Å²) in [5, 5.41) is 13.6. The fourth-order valence-electron chi connectivity index (χ4n) is 2.39. The third-order valence-corrected chi connectivity index (χ3v) is 3.48. The van der Waals surface area contributed by atoms with E-state index < -0.39 is 0 Å². The van der Waals surface area contributed by atoms with Crippen molar-refractivity contribution in [2.45, 2.75) is 6.92 Å². The van der Waals surface area contributed by atoms with Crippen molar-refractivity contribution in [1.29, 1.82) is 5.26 Å². The lowest BCUT2D eigenvalue weighted by Gasteiger charge is -2.12. The van der Waals surface area contributed by atoms with E-state index in [1.807, 2.05) is 49.4 Å². The quantitative estimate of drug-likeness (QED) is 0.786. The summed E-state index contributed by atoms with van der Waals surface area (Å²) in [7, 11) is 1.62. The molecule has 2 aromatic carbocycles. The van der Waals surface area contributed by atoms with Gasteiger partial charge in [0.2, 0.25) is 0 Å². The topological polar surface area (TPSA) is 57.9 Å². The number of methoxy groups -OCH3 is 1. The van der Waals surface area contributed by atoms with Crippen molar-refractivity contribution in [3.05, 3.63) is 59.8 Å². The second-order valence-electron chi connectivity index (χ2n) is 5.04. The number of rotatable bonds is 3. The lowest BCUT2D eigenvalue weighted by atomic mass is 10.1. The molecule has 0 spiro atoms. The monoisotopic (exact) mass is 289 g/mol. The first-order valence-electron chi connectivity index (χ1n) is 6.92. The van der Waals surface area contributed by atoms with Crippen LogP contribution in [0.5, 0.6) is 5.75 Å². The Balaban J connectivity index is 2.19. The number of nitrogens with zero attached hydrogens (tertiary/aromatic N) is 2. The van der Waals surface area contributed by atoms with Crippen molar-refractivity contribution in [3.63, 3.8) is 0 Å². The number of nitrogens with one attached hydrogen (secondary N) is 1. The number of fused-ring (bicyclic) bond motifs is 1. The van der Waals surface area contributed by atoms with Gasteiger partial charge in [-0.05, 0) is 42.8 Å². The minimum absolute atomic E-state index is 0.502. The number of aryl methyl sites for hydroxylation is 1. The zero-order valence-corrected chi connectivity index (χ0v) is 12.4. The maximum atomic E-state index is 9.38. The highest BCUT2D eigenvalue weighted by Gasteiger charge is 2.10. The predicted molar refractivity (Wildman–Crippen MR) is 87.5 cm³/mol. The van der Waals surface area contributed by atoms with E-state index in [-0.39, 0.29) is 0 Å². The van der Waals surface area contributed by atoms with Gasteiger partial charge in [-0.1, -0.05) is 12.1 Å². The Morgan fingerprint density at radius 1 is 1.18 bits per heavy atom. The first kappa shape index (κ1) is 13.9. The number of aromatic nitrogens is 1. The fourth-order valence-corrected chi connectivity index (χ4v) is 2.39. The van der Waals surface area contributed by atoms with Gasteiger partial charge in [0.1, 0.15) is 11.8 Å². The SMILES string of the molecule is COc1ccc2ncc(C#N)c(Nc3cccc(C)c3)c2c1. The summed E-state index contributed by atoms with van der Waals surface area (Å²) in [6.45, 7) is 2.03. The maximum absolute atomic E-state index is 9.38. The van der Waals surface area contributed by atoms with Crippen LogP contribution >= 0.6 is 0 Å². The van der Waals surface area contributed by atoms with Crippen LogP contribution in [-0.4, -0.2) is 12.1 Å². The highest BCUT2D eigenvalue weighted by atomic mass is 16.5. The first-order valence-corrected chi connectivity index (χ1v) is 6.92. The molecule has 0 saturated heterocycles. The van der Waals surface area contributed by atoms with Crippen LogP contribution in [0.1, 0.15) is 11.1 Å². The van der Waals surface area contributed by atoms with E-state index >= 15 is 0 Å². The van der Waals surface area contributed by atoms with Crippen LogP contribution in [0.4, 0.5) is 11.4 Å². The van der Waals surface area contributed by atoms with E-state index in [4.69, 9.17) is 4.74 Å². The Morgan fingerprint density at radius 3 is 2.77 bits per heavy atom. The van der Waals surface area contributed by atoms with Crippen LogP contribution in [0.2, 0.25) is 0 Å². The smallest absolute Gasteiger partial charge is 0.119 e.